The summed E-state index contributed by atoms with van der Waals surface area (Å²) in [6.07, 6.45) is 4.81. The summed E-state index contributed by atoms with van der Waals surface area (Å²) in [4.78, 5) is 30.9. The molecule has 1 aromatic heterocycles. The van der Waals surface area contributed by atoms with E-state index in [0.29, 0.717) is 28.3 Å². The number of nitrogens with one attached hydrogen (secondary N) is 2. The van der Waals surface area contributed by atoms with E-state index in [1.807, 2.05) is 6.07 Å². The summed E-state index contributed by atoms with van der Waals surface area (Å²) in [5.41, 5.74) is 1.98. The first kappa shape index (κ1) is 16.4. The Morgan fingerprint density at radius 2 is 2.08 bits per heavy atom. The van der Waals surface area contributed by atoms with Gasteiger partial charge >= 0.3 is 5.97 Å². The molecule has 1 aliphatic rings. The molecular weight excluding hydrogens is 322 g/mol. The molecule has 0 atom stereocenters. The summed E-state index contributed by atoms with van der Waals surface area (Å²) in [7, 11) is 0. The van der Waals surface area contributed by atoms with Crippen LogP contribution in [0.3, 0.4) is 0 Å². The fourth-order valence-electron chi connectivity index (χ4n) is 2.23. The van der Waals surface area contributed by atoms with Crippen LogP contribution in [0.1, 0.15) is 18.4 Å². The summed E-state index contributed by atoms with van der Waals surface area (Å²) >= 11 is 0. The largest absolute Gasteiger partial charge is 0.480 e. The average Bonchev–Trinajstić information content (AvgIpc) is 3.45. The Kier molecular flexibility index (Phi) is 4.57. The van der Waals surface area contributed by atoms with Crippen molar-refractivity contribution >= 4 is 23.4 Å². The highest BCUT2D eigenvalue weighted by Crippen LogP contribution is 2.30. The van der Waals surface area contributed by atoms with Crippen molar-refractivity contribution in [3.8, 4) is 17.3 Å². The average molecular weight is 337 g/mol. The zero-order chi connectivity index (χ0) is 17.8. The summed E-state index contributed by atoms with van der Waals surface area (Å²) < 4.78 is 0. The van der Waals surface area contributed by atoms with Gasteiger partial charge in [-0.3, -0.25) is 14.6 Å². The number of hydrogen-bond acceptors (Lipinski definition) is 6. The molecule has 0 unspecified atom stereocenters. The van der Waals surface area contributed by atoms with Crippen molar-refractivity contribution < 1.29 is 14.7 Å². The second kappa shape index (κ2) is 6.97. The lowest BCUT2D eigenvalue weighted by molar-refractivity contribution is -0.135. The molecular formula is C17H15N5O3. The van der Waals surface area contributed by atoms with Crippen molar-refractivity contribution in [1.82, 2.24) is 9.97 Å². The molecule has 0 aliphatic heterocycles. The first-order valence-electron chi connectivity index (χ1n) is 7.70. The minimum absolute atomic E-state index is 0.0411. The van der Waals surface area contributed by atoms with Crippen LogP contribution in [0.25, 0.3) is 11.3 Å². The zero-order valence-corrected chi connectivity index (χ0v) is 13.2. The first-order chi connectivity index (χ1) is 12.1. The second-order valence-corrected chi connectivity index (χ2v) is 5.67. The molecule has 3 rings (SSSR count). The number of amides is 1. The van der Waals surface area contributed by atoms with Crippen LogP contribution in [-0.4, -0.2) is 33.5 Å². The van der Waals surface area contributed by atoms with E-state index in [1.165, 1.54) is 12.4 Å². The Bertz CT molecular complexity index is 854. The summed E-state index contributed by atoms with van der Waals surface area (Å²) in [5, 5.41) is 23.3. The lowest BCUT2D eigenvalue weighted by Crippen LogP contribution is -2.14. The summed E-state index contributed by atoms with van der Waals surface area (Å²) in [5.74, 6) is -0.591. The Balaban J connectivity index is 1.78. The van der Waals surface area contributed by atoms with Gasteiger partial charge in [0, 0.05) is 11.5 Å². The Hall–Kier alpha value is -3.47. The highest BCUT2D eigenvalue weighted by atomic mass is 16.4. The molecule has 8 nitrogen and oxygen atoms in total. The number of nitrogens with zero attached hydrogens (tertiary/aromatic N) is 3. The number of anilines is 2. The predicted octanol–water partition coefficient (Wildman–Crippen LogP) is 1.86. The normalized spacial score (nSPS) is 12.9. The van der Waals surface area contributed by atoms with Crippen LogP contribution < -0.4 is 10.6 Å². The third kappa shape index (κ3) is 4.09. The molecule has 1 aromatic carbocycles. The third-order valence-corrected chi connectivity index (χ3v) is 3.72. The number of carbonyl (C=O) groups is 2. The second-order valence-electron chi connectivity index (χ2n) is 5.67. The number of nitriles is 1. The van der Waals surface area contributed by atoms with E-state index < -0.39 is 5.97 Å². The number of carboxylic acid groups (broad SMARTS) is 1. The van der Waals surface area contributed by atoms with Crippen LogP contribution in [0.2, 0.25) is 0 Å². The number of aliphatic carboxylic acids is 1. The number of benzene rings is 1. The number of aromatic nitrogens is 2. The van der Waals surface area contributed by atoms with Crippen molar-refractivity contribution in [3.63, 3.8) is 0 Å². The Morgan fingerprint density at radius 3 is 2.68 bits per heavy atom. The highest BCUT2D eigenvalue weighted by molar-refractivity contribution is 5.93. The van der Waals surface area contributed by atoms with Gasteiger partial charge in [-0.2, -0.15) is 5.26 Å². The quantitative estimate of drug-likeness (QED) is 0.734. The fourth-order valence-corrected chi connectivity index (χ4v) is 2.23. The minimum Gasteiger partial charge on any atom is -0.480 e. The van der Waals surface area contributed by atoms with Gasteiger partial charge in [0.25, 0.3) is 0 Å². The van der Waals surface area contributed by atoms with Crippen LogP contribution in [0.5, 0.6) is 0 Å². The Morgan fingerprint density at radius 1 is 1.28 bits per heavy atom. The van der Waals surface area contributed by atoms with Crippen LogP contribution in [0.4, 0.5) is 11.5 Å². The molecule has 1 aliphatic carbocycles. The molecule has 1 heterocycles. The molecule has 25 heavy (non-hydrogen) atoms. The number of hydrogen-bond donors (Lipinski definition) is 3. The van der Waals surface area contributed by atoms with Crippen LogP contribution in [0, 0.1) is 17.2 Å². The standard InChI is InChI=1S/C17H15N5O3/c18-6-12-4-3-11(5-13(12)20-9-16(23)24)14-7-21-15(8-19-14)22-17(25)10-1-2-10/h3-5,7-8,10,20H,1-2,9H2,(H,23,24)(H,21,22,25). The van der Waals surface area contributed by atoms with Crippen molar-refractivity contribution in [3.05, 3.63) is 36.2 Å². The SMILES string of the molecule is N#Cc1ccc(-c2cnc(NC(=O)C3CC3)cn2)cc1NCC(=O)O. The van der Waals surface area contributed by atoms with Gasteiger partial charge in [-0.25, -0.2) is 4.98 Å². The molecule has 3 N–H and O–H groups in total. The minimum atomic E-state index is -1.02. The van der Waals surface area contributed by atoms with Gasteiger partial charge in [0.15, 0.2) is 5.82 Å². The van der Waals surface area contributed by atoms with E-state index in [4.69, 9.17) is 10.4 Å². The molecule has 1 saturated carbocycles. The lowest BCUT2D eigenvalue weighted by Gasteiger charge is -2.09. The third-order valence-electron chi connectivity index (χ3n) is 3.72. The maximum absolute atomic E-state index is 11.7. The van der Waals surface area contributed by atoms with Gasteiger partial charge in [0.1, 0.15) is 12.6 Å². The molecule has 0 saturated heterocycles. The van der Waals surface area contributed by atoms with Gasteiger partial charge in [-0.15, -0.1) is 0 Å². The molecule has 0 spiro atoms. The van der Waals surface area contributed by atoms with E-state index in [0.717, 1.165) is 12.8 Å². The monoisotopic (exact) mass is 337 g/mol. The van der Waals surface area contributed by atoms with Gasteiger partial charge < -0.3 is 15.7 Å². The van der Waals surface area contributed by atoms with Crippen LogP contribution in [0.15, 0.2) is 30.6 Å². The molecule has 2 aromatic rings. The van der Waals surface area contributed by atoms with Gasteiger partial charge in [-0.05, 0) is 25.0 Å². The first-order valence-corrected chi connectivity index (χ1v) is 7.70. The molecule has 8 heteroatoms. The lowest BCUT2D eigenvalue weighted by atomic mass is 10.1. The van der Waals surface area contributed by atoms with Crippen molar-refractivity contribution in [2.24, 2.45) is 5.92 Å². The van der Waals surface area contributed by atoms with Gasteiger partial charge in [-0.1, -0.05) is 6.07 Å². The Labute approximate surface area is 143 Å². The summed E-state index contributed by atoms with van der Waals surface area (Å²) in [6.45, 7) is -0.296. The summed E-state index contributed by atoms with van der Waals surface area (Å²) in [6, 6.07) is 6.95. The number of rotatable bonds is 6. The predicted molar refractivity (Wildman–Crippen MR) is 89.7 cm³/mol. The number of carboxylic acids is 1. The van der Waals surface area contributed by atoms with E-state index >= 15 is 0 Å². The van der Waals surface area contributed by atoms with E-state index in [2.05, 4.69) is 20.6 Å². The molecule has 126 valence electrons. The molecule has 1 amide bonds. The van der Waals surface area contributed by atoms with E-state index in [-0.39, 0.29) is 18.4 Å². The van der Waals surface area contributed by atoms with E-state index in [9.17, 15) is 9.59 Å². The maximum atomic E-state index is 11.7. The smallest absolute Gasteiger partial charge is 0.322 e. The topological polar surface area (TPSA) is 128 Å². The van der Waals surface area contributed by atoms with Crippen LogP contribution >= 0.6 is 0 Å². The zero-order valence-electron chi connectivity index (χ0n) is 13.2. The van der Waals surface area contributed by atoms with Crippen molar-refractivity contribution in [2.45, 2.75) is 12.8 Å². The highest BCUT2D eigenvalue weighted by Gasteiger charge is 2.29. The molecule has 0 bridgehead atoms. The maximum Gasteiger partial charge on any atom is 0.322 e. The van der Waals surface area contributed by atoms with Crippen LogP contribution in [-0.2, 0) is 9.59 Å². The van der Waals surface area contributed by atoms with E-state index in [1.54, 1.807) is 18.2 Å². The number of carbonyl (C=O) groups excluding carboxylic acids is 1. The molecule has 0 radical (unpaired) electrons. The van der Waals surface area contributed by atoms with Crippen molar-refractivity contribution in [2.75, 3.05) is 17.2 Å². The molecule has 1 fully saturated rings. The van der Waals surface area contributed by atoms with Gasteiger partial charge in [0.05, 0.1) is 29.3 Å². The van der Waals surface area contributed by atoms with Gasteiger partial charge in [0.2, 0.25) is 5.91 Å². The fraction of sp³-hybridized carbons (Fsp3) is 0.235. The van der Waals surface area contributed by atoms with Crippen molar-refractivity contribution in [1.29, 1.82) is 5.26 Å².